The van der Waals surface area contributed by atoms with Gasteiger partial charge in [-0.05, 0) is 6.42 Å². The fraction of sp³-hybridized carbons (Fsp3) is 0.750. The molecule has 2 rings (SSSR count). The number of carbonyl (C=O) groups excluding carboxylic acids is 1. The quantitative estimate of drug-likeness (QED) is 0.425. The van der Waals surface area contributed by atoms with Crippen molar-refractivity contribution in [2.75, 3.05) is 13.1 Å². The molecule has 5 heteroatoms. The lowest BCUT2D eigenvalue weighted by atomic mass is 9.93. The lowest BCUT2D eigenvalue weighted by Crippen LogP contribution is -2.67. The predicted molar refractivity (Wildman–Crippen MR) is 45.4 cm³/mol. The number of fused-ring (bicyclic) bond motifs is 1. The number of carbonyl (C=O) groups is 1. The summed E-state index contributed by atoms with van der Waals surface area (Å²) in [4.78, 5) is 11.0. The van der Waals surface area contributed by atoms with Crippen molar-refractivity contribution in [2.45, 2.75) is 18.6 Å². The van der Waals surface area contributed by atoms with Crippen molar-refractivity contribution in [1.82, 2.24) is 16.0 Å². The van der Waals surface area contributed by atoms with E-state index in [0.29, 0.717) is 13.1 Å². The average Bonchev–Trinajstić information content (AvgIpc) is 2.16. The minimum Gasteiger partial charge on any atom is -0.349 e. The van der Waals surface area contributed by atoms with Gasteiger partial charge in [0.25, 0.3) is 0 Å². The number of amides is 1. The minimum atomic E-state index is 0.0152. The Hall–Kier alpha value is -1.12. The average molecular weight is 180 g/mol. The summed E-state index contributed by atoms with van der Waals surface area (Å²) in [6.07, 6.45) is 0.884. The summed E-state index contributed by atoms with van der Waals surface area (Å²) in [7, 11) is 0. The van der Waals surface area contributed by atoms with Crippen LogP contribution in [0.2, 0.25) is 0 Å². The fourth-order valence-electron chi connectivity index (χ4n) is 1.85. The molecule has 0 aromatic rings. The number of nitriles is 1. The molecular formula is C8H12N4O. The molecule has 0 spiro atoms. The molecule has 5 nitrogen and oxygen atoms in total. The van der Waals surface area contributed by atoms with Gasteiger partial charge in [-0.3, -0.25) is 15.4 Å². The maximum Gasteiger partial charge on any atom is 0.234 e. The van der Waals surface area contributed by atoms with Gasteiger partial charge in [-0.15, -0.1) is 0 Å². The predicted octanol–water partition coefficient (Wildman–Crippen LogP) is -1.47. The van der Waals surface area contributed by atoms with Gasteiger partial charge in [0.05, 0.1) is 30.7 Å². The number of hydrogen-bond acceptors (Lipinski definition) is 4. The van der Waals surface area contributed by atoms with E-state index in [1.807, 2.05) is 0 Å². The summed E-state index contributed by atoms with van der Waals surface area (Å²) in [6, 6.07) is 2.28. The molecule has 0 aliphatic carbocycles. The monoisotopic (exact) mass is 180 g/mol. The van der Waals surface area contributed by atoms with Crippen LogP contribution in [0.25, 0.3) is 0 Å². The summed E-state index contributed by atoms with van der Waals surface area (Å²) in [5.74, 6) is 0.0306. The summed E-state index contributed by atoms with van der Waals surface area (Å²) >= 11 is 0. The van der Waals surface area contributed by atoms with Crippen LogP contribution in [0.15, 0.2) is 0 Å². The molecule has 1 amide bonds. The van der Waals surface area contributed by atoms with Gasteiger partial charge in [0.15, 0.2) is 0 Å². The standard InChI is InChI=1S/C8H12N4O/c9-2-5-1-6-8(10-3-5)11-4-7(13)12-6/h5-6,8,10-11H,1,3-4H2,(H,12,13)/t5-,6-,8-/m1/s1. The van der Waals surface area contributed by atoms with Crippen molar-refractivity contribution >= 4 is 5.91 Å². The van der Waals surface area contributed by atoms with Crippen LogP contribution in [0.5, 0.6) is 0 Å². The molecule has 70 valence electrons. The van der Waals surface area contributed by atoms with Crippen LogP contribution in [0.1, 0.15) is 6.42 Å². The van der Waals surface area contributed by atoms with Crippen LogP contribution in [0.3, 0.4) is 0 Å². The molecule has 2 heterocycles. The highest BCUT2D eigenvalue weighted by atomic mass is 16.2. The molecule has 2 saturated heterocycles. The third-order valence-corrected chi connectivity index (χ3v) is 2.54. The van der Waals surface area contributed by atoms with Gasteiger partial charge in [-0.1, -0.05) is 0 Å². The Morgan fingerprint density at radius 3 is 3.08 bits per heavy atom. The Labute approximate surface area is 76.5 Å². The Kier molecular flexibility index (Phi) is 2.17. The highest BCUT2D eigenvalue weighted by Crippen LogP contribution is 2.14. The first kappa shape index (κ1) is 8.48. The molecule has 13 heavy (non-hydrogen) atoms. The molecule has 0 bridgehead atoms. The first-order chi connectivity index (χ1) is 6.29. The summed E-state index contributed by atoms with van der Waals surface area (Å²) in [5.41, 5.74) is 0. The van der Waals surface area contributed by atoms with Crippen LogP contribution in [-0.2, 0) is 4.79 Å². The maximum atomic E-state index is 11.0. The molecule has 0 saturated carbocycles. The molecule has 0 radical (unpaired) electrons. The van der Waals surface area contributed by atoms with Crippen molar-refractivity contribution in [3.05, 3.63) is 0 Å². The summed E-state index contributed by atoms with van der Waals surface area (Å²) in [5, 5.41) is 17.9. The van der Waals surface area contributed by atoms with E-state index in [1.165, 1.54) is 0 Å². The Balaban J connectivity index is 2.00. The molecule has 2 aliphatic heterocycles. The highest BCUT2D eigenvalue weighted by molar-refractivity contribution is 5.79. The van der Waals surface area contributed by atoms with Crippen molar-refractivity contribution in [3.8, 4) is 6.07 Å². The Morgan fingerprint density at radius 1 is 1.46 bits per heavy atom. The lowest BCUT2D eigenvalue weighted by molar-refractivity contribution is -0.123. The molecule has 3 atom stereocenters. The smallest absolute Gasteiger partial charge is 0.234 e. The van der Waals surface area contributed by atoms with Crippen LogP contribution in [0.4, 0.5) is 0 Å². The summed E-state index contributed by atoms with van der Waals surface area (Å²) in [6.45, 7) is 1.08. The number of rotatable bonds is 0. The Bertz CT molecular complexity index is 259. The van der Waals surface area contributed by atoms with E-state index in [1.54, 1.807) is 0 Å². The van der Waals surface area contributed by atoms with E-state index in [9.17, 15) is 4.79 Å². The topological polar surface area (TPSA) is 77.0 Å². The first-order valence-corrected chi connectivity index (χ1v) is 4.45. The SMILES string of the molecule is N#C[C@@H]1CN[C@@H]2NCC(=O)N[C@@H]2C1. The van der Waals surface area contributed by atoms with Crippen molar-refractivity contribution in [2.24, 2.45) is 5.92 Å². The van der Waals surface area contributed by atoms with Crippen molar-refractivity contribution in [3.63, 3.8) is 0 Å². The van der Waals surface area contributed by atoms with Gasteiger partial charge in [-0.2, -0.15) is 5.26 Å². The van der Waals surface area contributed by atoms with Gasteiger partial charge in [0.1, 0.15) is 0 Å². The number of nitrogens with zero attached hydrogens (tertiary/aromatic N) is 1. The second-order valence-corrected chi connectivity index (χ2v) is 3.50. The van der Waals surface area contributed by atoms with E-state index in [0.717, 1.165) is 6.42 Å². The van der Waals surface area contributed by atoms with E-state index < -0.39 is 0 Å². The Morgan fingerprint density at radius 2 is 2.31 bits per heavy atom. The van der Waals surface area contributed by atoms with Crippen molar-refractivity contribution < 1.29 is 4.79 Å². The molecule has 2 aliphatic rings. The molecular weight excluding hydrogens is 168 g/mol. The van der Waals surface area contributed by atoms with Crippen LogP contribution >= 0.6 is 0 Å². The van der Waals surface area contributed by atoms with Gasteiger partial charge >= 0.3 is 0 Å². The van der Waals surface area contributed by atoms with Crippen LogP contribution in [-0.4, -0.2) is 31.2 Å². The first-order valence-electron chi connectivity index (χ1n) is 4.45. The van der Waals surface area contributed by atoms with E-state index in [4.69, 9.17) is 5.26 Å². The van der Waals surface area contributed by atoms with E-state index in [2.05, 4.69) is 22.0 Å². The molecule has 0 aromatic heterocycles. The normalized spacial score (nSPS) is 38.7. The molecule has 3 N–H and O–H groups in total. The zero-order valence-corrected chi connectivity index (χ0v) is 7.21. The maximum absolute atomic E-state index is 11.0. The van der Waals surface area contributed by atoms with Gasteiger partial charge in [-0.25, -0.2) is 0 Å². The number of piperidine rings is 1. The third-order valence-electron chi connectivity index (χ3n) is 2.54. The summed E-state index contributed by atoms with van der Waals surface area (Å²) < 4.78 is 0. The number of piperazine rings is 1. The van der Waals surface area contributed by atoms with Crippen molar-refractivity contribution in [1.29, 1.82) is 5.26 Å². The minimum absolute atomic E-state index is 0.0152. The van der Waals surface area contributed by atoms with Gasteiger partial charge < -0.3 is 5.32 Å². The van der Waals surface area contributed by atoms with Gasteiger partial charge in [0, 0.05) is 6.54 Å². The molecule has 0 aromatic carbocycles. The largest absolute Gasteiger partial charge is 0.349 e. The highest BCUT2D eigenvalue weighted by Gasteiger charge is 2.33. The second kappa shape index (κ2) is 3.32. The molecule has 0 unspecified atom stereocenters. The zero-order valence-electron chi connectivity index (χ0n) is 7.21. The van der Waals surface area contributed by atoms with E-state index in [-0.39, 0.29) is 24.0 Å². The van der Waals surface area contributed by atoms with E-state index >= 15 is 0 Å². The fourth-order valence-corrected chi connectivity index (χ4v) is 1.85. The van der Waals surface area contributed by atoms with Gasteiger partial charge in [0.2, 0.25) is 5.91 Å². The number of nitrogens with one attached hydrogen (secondary N) is 3. The zero-order chi connectivity index (χ0) is 9.26. The number of hydrogen-bond donors (Lipinski definition) is 3. The lowest BCUT2D eigenvalue weighted by Gasteiger charge is -2.38. The molecule has 2 fully saturated rings. The second-order valence-electron chi connectivity index (χ2n) is 3.50. The van der Waals surface area contributed by atoms with Crippen LogP contribution in [0, 0.1) is 17.2 Å². The van der Waals surface area contributed by atoms with Crippen LogP contribution < -0.4 is 16.0 Å². The third kappa shape index (κ3) is 1.64.